The number of aryl methyl sites for hydroxylation is 2. The van der Waals surface area contributed by atoms with E-state index in [2.05, 4.69) is 32.0 Å². The zero-order valence-electron chi connectivity index (χ0n) is 8.50. The van der Waals surface area contributed by atoms with Crippen molar-refractivity contribution in [3.05, 3.63) is 34.9 Å². The van der Waals surface area contributed by atoms with Gasteiger partial charge in [-0.25, -0.2) is 0 Å². The summed E-state index contributed by atoms with van der Waals surface area (Å²) in [7, 11) is 0. The van der Waals surface area contributed by atoms with Crippen molar-refractivity contribution < 1.29 is 0 Å². The first kappa shape index (κ1) is 12.5. The molecule has 13 heavy (non-hydrogen) atoms. The van der Waals surface area contributed by atoms with Crippen LogP contribution in [0.3, 0.4) is 0 Å². The Morgan fingerprint density at radius 3 is 2.00 bits per heavy atom. The van der Waals surface area contributed by atoms with E-state index < -0.39 is 0 Å². The van der Waals surface area contributed by atoms with Gasteiger partial charge in [0.2, 0.25) is 0 Å². The van der Waals surface area contributed by atoms with E-state index >= 15 is 0 Å². The molecule has 1 aromatic rings. The normalized spacial score (nSPS) is 12.0. The molecule has 1 aromatic carbocycles. The van der Waals surface area contributed by atoms with Crippen molar-refractivity contribution in [1.29, 1.82) is 0 Å². The van der Waals surface area contributed by atoms with Crippen LogP contribution in [-0.2, 0) is 6.42 Å². The largest absolute Gasteiger partial charge is 0.328 e. The number of nitrogens with two attached hydrogens (primary N) is 1. The Balaban J connectivity index is 0.00000144. The average molecular weight is 200 g/mol. The molecule has 0 saturated heterocycles. The van der Waals surface area contributed by atoms with Crippen molar-refractivity contribution in [2.45, 2.75) is 33.2 Å². The predicted octanol–water partition coefficient (Wildman–Crippen LogP) is 2.61. The second-order valence-electron chi connectivity index (χ2n) is 3.68. The molecule has 0 bridgehead atoms. The fraction of sp³-hybridized carbons (Fsp3) is 0.455. The second-order valence-corrected chi connectivity index (χ2v) is 3.68. The third kappa shape index (κ3) is 4.30. The lowest BCUT2D eigenvalue weighted by Crippen LogP contribution is -2.17. The average Bonchev–Trinajstić information content (AvgIpc) is 1.81. The zero-order valence-corrected chi connectivity index (χ0v) is 9.32. The SMILES string of the molecule is Cc1cc(C)cc(CC(C)N)c1.Cl. The van der Waals surface area contributed by atoms with Crippen LogP contribution in [0.25, 0.3) is 0 Å². The summed E-state index contributed by atoms with van der Waals surface area (Å²) in [5, 5.41) is 0. The molecule has 0 aliphatic heterocycles. The van der Waals surface area contributed by atoms with E-state index in [0.29, 0.717) is 0 Å². The molecule has 0 amide bonds. The maximum absolute atomic E-state index is 5.72. The Kier molecular flexibility index (Phi) is 5.04. The van der Waals surface area contributed by atoms with E-state index in [0.717, 1.165) is 6.42 Å². The molecule has 2 N–H and O–H groups in total. The highest BCUT2D eigenvalue weighted by molar-refractivity contribution is 5.85. The predicted molar refractivity (Wildman–Crippen MR) is 60.5 cm³/mol. The minimum Gasteiger partial charge on any atom is -0.328 e. The van der Waals surface area contributed by atoms with Gasteiger partial charge in [-0.15, -0.1) is 12.4 Å². The van der Waals surface area contributed by atoms with Gasteiger partial charge in [-0.2, -0.15) is 0 Å². The monoisotopic (exact) mass is 199 g/mol. The summed E-state index contributed by atoms with van der Waals surface area (Å²) >= 11 is 0. The van der Waals surface area contributed by atoms with Crippen LogP contribution in [0.4, 0.5) is 0 Å². The fourth-order valence-electron chi connectivity index (χ4n) is 1.56. The van der Waals surface area contributed by atoms with Crippen LogP contribution >= 0.6 is 12.4 Å². The summed E-state index contributed by atoms with van der Waals surface area (Å²) in [5.41, 5.74) is 9.72. The molecule has 0 aliphatic carbocycles. The number of benzene rings is 1. The molecular formula is C11H18ClN. The van der Waals surface area contributed by atoms with Gasteiger partial charge in [-0.05, 0) is 32.8 Å². The van der Waals surface area contributed by atoms with Crippen molar-refractivity contribution in [3.63, 3.8) is 0 Å². The van der Waals surface area contributed by atoms with E-state index in [1.165, 1.54) is 16.7 Å². The van der Waals surface area contributed by atoms with Crippen molar-refractivity contribution in [2.24, 2.45) is 5.73 Å². The lowest BCUT2D eigenvalue weighted by molar-refractivity contribution is 0.737. The molecule has 0 fully saturated rings. The summed E-state index contributed by atoms with van der Waals surface area (Å²) in [5.74, 6) is 0. The van der Waals surface area contributed by atoms with Gasteiger partial charge >= 0.3 is 0 Å². The molecule has 0 spiro atoms. The smallest absolute Gasteiger partial charge is 0.00509 e. The number of rotatable bonds is 2. The standard InChI is InChI=1S/C11H17N.ClH/c1-8-4-9(2)6-11(5-8)7-10(3)12;/h4-6,10H,7,12H2,1-3H3;1H. The summed E-state index contributed by atoms with van der Waals surface area (Å²) in [6, 6.07) is 6.85. The maximum atomic E-state index is 5.72. The van der Waals surface area contributed by atoms with Gasteiger partial charge in [0.1, 0.15) is 0 Å². The van der Waals surface area contributed by atoms with Crippen LogP contribution in [0.1, 0.15) is 23.6 Å². The van der Waals surface area contributed by atoms with Crippen LogP contribution in [0.2, 0.25) is 0 Å². The summed E-state index contributed by atoms with van der Waals surface area (Å²) < 4.78 is 0. The van der Waals surface area contributed by atoms with Gasteiger partial charge in [0, 0.05) is 6.04 Å². The van der Waals surface area contributed by atoms with Crippen LogP contribution in [0.15, 0.2) is 18.2 Å². The highest BCUT2D eigenvalue weighted by atomic mass is 35.5. The van der Waals surface area contributed by atoms with E-state index in [-0.39, 0.29) is 18.4 Å². The lowest BCUT2D eigenvalue weighted by atomic mass is 10.0. The Morgan fingerprint density at radius 2 is 1.62 bits per heavy atom. The van der Waals surface area contributed by atoms with Gasteiger partial charge in [-0.1, -0.05) is 29.3 Å². The molecule has 1 atom stereocenters. The van der Waals surface area contributed by atoms with Gasteiger partial charge in [0.15, 0.2) is 0 Å². The van der Waals surface area contributed by atoms with Crippen LogP contribution in [0, 0.1) is 13.8 Å². The van der Waals surface area contributed by atoms with Crippen molar-refractivity contribution in [1.82, 2.24) is 0 Å². The molecule has 0 radical (unpaired) electrons. The molecule has 0 heterocycles. The Morgan fingerprint density at radius 1 is 1.15 bits per heavy atom. The van der Waals surface area contributed by atoms with E-state index in [9.17, 15) is 0 Å². The highest BCUT2D eigenvalue weighted by Crippen LogP contribution is 2.10. The van der Waals surface area contributed by atoms with Crippen LogP contribution < -0.4 is 5.73 Å². The first-order valence-electron chi connectivity index (χ1n) is 4.40. The first-order valence-corrected chi connectivity index (χ1v) is 4.40. The lowest BCUT2D eigenvalue weighted by Gasteiger charge is -2.07. The van der Waals surface area contributed by atoms with E-state index in [1.807, 2.05) is 6.92 Å². The number of halogens is 1. The summed E-state index contributed by atoms with van der Waals surface area (Å²) in [4.78, 5) is 0. The number of hydrogen-bond acceptors (Lipinski definition) is 1. The Labute approximate surface area is 86.7 Å². The van der Waals surface area contributed by atoms with Gasteiger partial charge < -0.3 is 5.73 Å². The van der Waals surface area contributed by atoms with Gasteiger partial charge in [0.05, 0.1) is 0 Å². The maximum Gasteiger partial charge on any atom is 0.00509 e. The molecule has 1 nitrogen and oxygen atoms in total. The molecule has 74 valence electrons. The third-order valence-electron chi connectivity index (χ3n) is 1.84. The highest BCUT2D eigenvalue weighted by Gasteiger charge is 1.98. The minimum atomic E-state index is 0. The third-order valence-corrected chi connectivity index (χ3v) is 1.84. The summed E-state index contributed by atoms with van der Waals surface area (Å²) in [6.45, 7) is 6.28. The van der Waals surface area contributed by atoms with Crippen molar-refractivity contribution >= 4 is 12.4 Å². The molecule has 0 aliphatic rings. The quantitative estimate of drug-likeness (QED) is 0.779. The van der Waals surface area contributed by atoms with Crippen molar-refractivity contribution in [2.75, 3.05) is 0 Å². The Hall–Kier alpha value is -0.530. The topological polar surface area (TPSA) is 26.0 Å². The zero-order chi connectivity index (χ0) is 9.14. The fourth-order valence-corrected chi connectivity index (χ4v) is 1.56. The molecule has 2 heteroatoms. The molecule has 1 rings (SSSR count). The molecule has 0 aromatic heterocycles. The molecule has 1 unspecified atom stereocenters. The summed E-state index contributed by atoms with van der Waals surface area (Å²) in [6.07, 6.45) is 0.975. The van der Waals surface area contributed by atoms with Crippen LogP contribution in [-0.4, -0.2) is 6.04 Å². The Bertz CT molecular complexity index is 249. The number of hydrogen-bond donors (Lipinski definition) is 1. The van der Waals surface area contributed by atoms with Crippen LogP contribution in [0.5, 0.6) is 0 Å². The minimum absolute atomic E-state index is 0. The van der Waals surface area contributed by atoms with E-state index in [4.69, 9.17) is 5.73 Å². The molecule has 0 saturated carbocycles. The molecular weight excluding hydrogens is 182 g/mol. The second kappa shape index (κ2) is 5.25. The van der Waals surface area contributed by atoms with E-state index in [1.54, 1.807) is 0 Å². The van der Waals surface area contributed by atoms with Gasteiger partial charge in [0.25, 0.3) is 0 Å². The van der Waals surface area contributed by atoms with Crippen molar-refractivity contribution in [3.8, 4) is 0 Å². The first-order chi connectivity index (χ1) is 5.58. The van der Waals surface area contributed by atoms with Gasteiger partial charge in [-0.3, -0.25) is 0 Å².